The third-order valence-electron chi connectivity index (χ3n) is 8.36. The van der Waals surface area contributed by atoms with Gasteiger partial charge >= 0.3 is 0 Å². The number of carbonyl (C=O) groups excluding carboxylic acids is 2. The maximum atomic E-state index is 14.7. The van der Waals surface area contributed by atoms with Crippen LogP contribution in [0.25, 0.3) is 10.9 Å². The van der Waals surface area contributed by atoms with Crippen molar-refractivity contribution in [3.8, 4) is 11.5 Å². The Morgan fingerprint density at radius 3 is 2.62 bits per heavy atom. The minimum atomic E-state index is -1.31. The van der Waals surface area contributed by atoms with Crippen LogP contribution in [0.4, 0.5) is 4.39 Å². The molecule has 2 aliphatic heterocycles. The predicted molar refractivity (Wildman–Crippen MR) is 159 cm³/mol. The molecule has 3 heterocycles. The smallest absolute Gasteiger partial charge is 0.255 e. The molecule has 1 N–H and O–H groups in total. The predicted octanol–water partition coefficient (Wildman–Crippen LogP) is 6.38. The van der Waals surface area contributed by atoms with Crippen molar-refractivity contribution in [2.24, 2.45) is 0 Å². The number of amides is 2. The number of carbonyl (C=O) groups is 2. The quantitative estimate of drug-likeness (QED) is 0.259. The van der Waals surface area contributed by atoms with Crippen LogP contribution < -0.4 is 9.47 Å². The summed E-state index contributed by atoms with van der Waals surface area (Å²) in [6, 6.07) is 18.2. The van der Waals surface area contributed by atoms with E-state index in [1.807, 2.05) is 49.4 Å². The largest absolute Gasteiger partial charge is 0.490 e. The number of benzene rings is 3. The average molecular weight is 590 g/mol. The summed E-state index contributed by atoms with van der Waals surface area (Å²) >= 11 is 6.30. The van der Waals surface area contributed by atoms with Crippen molar-refractivity contribution in [3.63, 3.8) is 0 Å². The van der Waals surface area contributed by atoms with Gasteiger partial charge in [-0.15, -0.1) is 0 Å². The highest BCUT2D eigenvalue weighted by molar-refractivity contribution is 6.31. The van der Waals surface area contributed by atoms with Crippen LogP contribution in [0.5, 0.6) is 11.5 Å². The van der Waals surface area contributed by atoms with Crippen LogP contribution in [0, 0.1) is 5.82 Å². The van der Waals surface area contributed by atoms with Gasteiger partial charge in [0.2, 0.25) is 5.91 Å². The molecule has 2 amide bonds. The van der Waals surface area contributed by atoms with Crippen molar-refractivity contribution < 1.29 is 23.5 Å². The molecule has 0 bridgehead atoms. The van der Waals surface area contributed by atoms with Crippen LogP contribution in [-0.4, -0.2) is 52.9 Å². The number of hydrogen-bond donors (Lipinski definition) is 1. The second-order valence-corrected chi connectivity index (χ2v) is 11.3. The Kier molecular flexibility index (Phi) is 7.35. The summed E-state index contributed by atoms with van der Waals surface area (Å²) in [6.45, 7) is 6.84. The fourth-order valence-electron chi connectivity index (χ4n) is 6.32. The average Bonchev–Trinajstić information content (AvgIpc) is 3.38. The van der Waals surface area contributed by atoms with E-state index in [0.29, 0.717) is 37.0 Å². The lowest BCUT2D eigenvalue weighted by Crippen LogP contribution is -2.67. The zero-order valence-corrected chi connectivity index (χ0v) is 24.6. The van der Waals surface area contributed by atoms with E-state index in [9.17, 15) is 14.0 Å². The molecule has 218 valence electrons. The zero-order chi connectivity index (χ0) is 29.6. The number of para-hydroxylation sites is 1. The van der Waals surface area contributed by atoms with Crippen LogP contribution in [0.15, 0.2) is 60.7 Å². The highest BCUT2D eigenvalue weighted by atomic mass is 35.5. The molecule has 0 saturated carbocycles. The van der Waals surface area contributed by atoms with E-state index < -0.39 is 11.4 Å². The Bertz CT molecular complexity index is 1670. The van der Waals surface area contributed by atoms with Crippen molar-refractivity contribution in [2.45, 2.75) is 45.2 Å². The van der Waals surface area contributed by atoms with Gasteiger partial charge in [-0.1, -0.05) is 48.9 Å². The number of aromatic nitrogens is 1. The van der Waals surface area contributed by atoms with Gasteiger partial charge in [0.15, 0.2) is 17.0 Å². The van der Waals surface area contributed by atoms with Gasteiger partial charge < -0.3 is 24.3 Å². The second-order valence-electron chi connectivity index (χ2n) is 10.9. The number of H-pyrrole nitrogens is 1. The lowest BCUT2D eigenvalue weighted by atomic mass is 9.76. The molecule has 0 unspecified atom stereocenters. The third-order valence-corrected chi connectivity index (χ3v) is 8.71. The number of halogens is 2. The Balaban J connectivity index is 1.47. The lowest BCUT2D eigenvalue weighted by molar-refractivity contribution is -0.167. The molecule has 2 aliphatic rings. The van der Waals surface area contributed by atoms with Gasteiger partial charge in [-0.3, -0.25) is 9.59 Å². The first-order valence-corrected chi connectivity index (χ1v) is 14.7. The van der Waals surface area contributed by atoms with Gasteiger partial charge in [0.05, 0.1) is 25.5 Å². The Hall–Kier alpha value is -4.04. The topological polar surface area (TPSA) is 74.9 Å². The Labute approximate surface area is 249 Å². The number of nitrogens with one attached hydrogen (secondary N) is 1. The van der Waals surface area contributed by atoms with Crippen molar-refractivity contribution >= 4 is 34.3 Å². The minimum Gasteiger partial charge on any atom is -0.490 e. The van der Waals surface area contributed by atoms with E-state index in [-0.39, 0.29) is 41.4 Å². The molecule has 0 aliphatic carbocycles. The van der Waals surface area contributed by atoms with Crippen molar-refractivity contribution in [1.29, 1.82) is 0 Å². The summed E-state index contributed by atoms with van der Waals surface area (Å²) in [4.78, 5) is 34.7. The van der Waals surface area contributed by atoms with Crippen LogP contribution >= 0.6 is 11.6 Å². The fraction of sp³-hybridized carbons (Fsp3) is 0.333. The van der Waals surface area contributed by atoms with Gasteiger partial charge in [-0.25, -0.2) is 4.39 Å². The SMILES string of the molecule is CCCOc1ccc([C@H]2CN3C(=O)CN(Cc4c(F)cccc4Cl)C(=O)[C@]3(C)c3[nH]c4ccccc4c32)cc1OCC. The molecule has 1 saturated heterocycles. The zero-order valence-electron chi connectivity index (χ0n) is 23.9. The first-order valence-electron chi connectivity index (χ1n) is 14.3. The molecule has 2 atom stereocenters. The standard InChI is InChI=1S/C33H33ClFN3O4/c1-4-15-42-27-14-13-20(16-28(27)41-5-2)22-18-38-29(39)19-37(17-23-24(34)10-8-11-25(23)35)32(40)33(38,3)31-30(22)21-9-6-7-12-26(21)36-31/h6-14,16,22,36H,4-5,15,17-19H2,1-3H3/t22-,33+/m1/s1. The maximum absolute atomic E-state index is 14.7. The Morgan fingerprint density at radius 2 is 1.86 bits per heavy atom. The van der Waals surface area contributed by atoms with Crippen LogP contribution in [0.3, 0.4) is 0 Å². The number of piperazine rings is 1. The van der Waals surface area contributed by atoms with Crippen LogP contribution in [0.2, 0.25) is 5.02 Å². The number of ether oxygens (including phenoxy) is 2. The monoisotopic (exact) mass is 589 g/mol. The molecule has 0 radical (unpaired) electrons. The van der Waals surface area contributed by atoms with Gasteiger partial charge in [0.1, 0.15) is 12.4 Å². The van der Waals surface area contributed by atoms with E-state index in [0.717, 1.165) is 28.5 Å². The molecule has 42 heavy (non-hydrogen) atoms. The molecule has 0 spiro atoms. The van der Waals surface area contributed by atoms with Crippen molar-refractivity contribution in [2.75, 3.05) is 26.3 Å². The van der Waals surface area contributed by atoms with Crippen LogP contribution in [0.1, 0.15) is 55.5 Å². The summed E-state index contributed by atoms with van der Waals surface area (Å²) < 4.78 is 26.6. The highest BCUT2D eigenvalue weighted by Crippen LogP contribution is 2.49. The van der Waals surface area contributed by atoms with E-state index in [4.69, 9.17) is 21.1 Å². The molecule has 9 heteroatoms. The number of rotatable bonds is 8. The van der Waals surface area contributed by atoms with E-state index in [2.05, 4.69) is 11.9 Å². The van der Waals surface area contributed by atoms with Crippen LogP contribution in [-0.2, 0) is 21.7 Å². The third kappa shape index (κ3) is 4.49. The summed E-state index contributed by atoms with van der Waals surface area (Å²) in [5.74, 6) is 0.0775. The molecule has 3 aromatic carbocycles. The Morgan fingerprint density at radius 1 is 1.05 bits per heavy atom. The number of aromatic amines is 1. The van der Waals surface area contributed by atoms with Gasteiger partial charge in [0, 0.05) is 34.0 Å². The fourth-order valence-corrected chi connectivity index (χ4v) is 6.54. The first kappa shape index (κ1) is 28.1. The van der Waals surface area contributed by atoms with Gasteiger partial charge in [-0.05, 0) is 61.7 Å². The van der Waals surface area contributed by atoms with Gasteiger partial charge in [0.25, 0.3) is 5.91 Å². The number of fused-ring (bicyclic) bond motifs is 5. The molecule has 1 aromatic heterocycles. The lowest BCUT2D eigenvalue weighted by Gasteiger charge is -2.51. The number of hydrogen-bond acceptors (Lipinski definition) is 4. The minimum absolute atomic E-state index is 0.102. The van der Waals surface area contributed by atoms with E-state index in [1.54, 1.807) is 17.9 Å². The highest BCUT2D eigenvalue weighted by Gasteiger charge is 2.56. The van der Waals surface area contributed by atoms with Gasteiger partial charge in [-0.2, -0.15) is 0 Å². The summed E-state index contributed by atoms with van der Waals surface area (Å²) in [5, 5.41) is 1.20. The second kappa shape index (κ2) is 11.0. The molecule has 1 fully saturated rings. The molecular formula is C33H33ClFN3O4. The molecule has 6 rings (SSSR count). The summed E-state index contributed by atoms with van der Waals surface area (Å²) in [7, 11) is 0. The normalized spacial score (nSPS) is 20.1. The van der Waals surface area contributed by atoms with Crippen molar-refractivity contribution in [3.05, 3.63) is 93.9 Å². The first-order chi connectivity index (χ1) is 20.3. The molecular weight excluding hydrogens is 557 g/mol. The number of nitrogens with zero attached hydrogens (tertiary/aromatic N) is 2. The van der Waals surface area contributed by atoms with E-state index >= 15 is 0 Å². The summed E-state index contributed by atoms with van der Waals surface area (Å²) in [6.07, 6.45) is 0.873. The van der Waals surface area contributed by atoms with Crippen molar-refractivity contribution in [1.82, 2.24) is 14.8 Å². The van der Waals surface area contributed by atoms with E-state index in [1.165, 1.54) is 17.0 Å². The molecule has 7 nitrogen and oxygen atoms in total. The summed E-state index contributed by atoms with van der Waals surface area (Å²) in [5.41, 5.74) is 2.32. The molecule has 4 aromatic rings. The maximum Gasteiger partial charge on any atom is 0.255 e.